The van der Waals surface area contributed by atoms with Crippen LogP contribution in [-0.4, -0.2) is 17.4 Å². The zero-order valence-corrected chi connectivity index (χ0v) is 9.67. The molecule has 2 rings (SSSR count). The maximum Gasteiger partial charge on any atom is 0.223 e. The summed E-state index contributed by atoms with van der Waals surface area (Å²) in [6.45, 7) is 0.757. The summed E-state index contributed by atoms with van der Waals surface area (Å²) in [7, 11) is 0. The van der Waals surface area contributed by atoms with Crippen LogP contribution in [0, 0.1) is 5.92 Å². The number of carbonyl (C=O) groups is 1. The van der Waals surface area contributed by atoms with Gasteiger partial charge in [-0.05, 0) is 30.9 Å². The monoisotopic (exact) mass is 220 g/mol. The Hall–Kier alpha value is -1.25. The minimum atomic E-state index is 0.259. The van der Waals surface area contributed by atoms with Gasteiger partial charge in [0.15, 0.2) is 0 Å². The van der Waals surface area contributed by atoms with Crippen molar-refractivity contribution in [2.45, 2.75) is 38.5 Å². The molecule has 1 heterocycles. The predicted octanol–water partition coefficient (Wildman–Crippen LogP) is 2.25. The molecule has 0 atom stereocenters. The highest BCUT2D eigenvalue weighted by molar-refractivity contribution is 5.78. The number of amides is 1. The second-order valence-corrected chi connectivity index (χ2v) is 4.60. The summed E-state index contributed by atoms with van der Waals surface area (Å²) in [5.41, 5.74) is 1.25. The number of H-pyrrole nitrogens is 1. The molecular formula is C13H20N2O. The van der Waals surface area contributed by atoms with Crippen molar-refractivity contribution in [2.24, 2.45) is 5.92 Å². The minimum Gasteiger partial charge on any atom is -0.367 e. The van der Waals surface area contributed by atoms with Gasteiger partial charge >= 0.3 is 0 Å². The third-order valence-corrected chi connectivity index (χ3v) is 3.35. The maximum atomic E-state index is 11.8. The summed E-state index contributed by atoms with van der Waals surface area (Å²) >= 11 is 0. The molecule has 1 fully saturated rings. The normalized spacial score (nSPS) is 17.2. The van der Waals surface area contributed by atoms with E-state index in [0.717, 1.165) is 25.8 Å². The quantitative estimate of drug-likeness (QED) is 0.803. The van der Waals surface area contributed by atoms with Crippen LogP contribution in [0.1, 0.15) is 37.7 Å². The molecule has 0 unspecified atom stereocenters. The van der Waals surface area contributed by atoms with Crippen LogP contribution in [0.15, 0.2) is 18.5 Å². The highest BCUT2D eigenvalue weighted by Crippen LogP contribution is 2.23. The number of hydrogen-bond acceptors (Lipinski definition) is 1. The van der Waals surface area contributed by atoms with Crippen molar-refractivity contribution in [3.05, 3.63) is 24.0 Å². The molecule has 0 radical (unpaired) electrons. The van der Waals surface area contributed by atoms with E-state index in [1.54, 1.807) is 0 Å². The van der Waals surface area contributed by atoms with E-state index in [1.807, 2.05) is 18.5 Å². The molecule has 0 aliphatic heterocycles. The van der Waals surface area contributed by atoms with Crippen LogP contribution in [0.2, 0.25) is 0 Å². The summed E-state index contributed by atoms with van der Waals surface area (Å²) in [4.78, 5) is 14.8. The summed E-state index contributed by atoms with van der Waals surface area (Å²) in [5.74, 6) is 0.537. The smallest absolute Gasteiger partial charge is 0.223 e. The average Bonchev–Trinajstić information content (AvgIpc) is 2.83. The lowest BCUT2D eigenvalue weighted by Gasteiger charge is -2.20. The average molecular weight is 220 g/mol. The minimum absolute atomic E-state index is 0.259. The largest absolute Gasteiger partial charge is 0.367 e. The molecule has 1 aliphatic rings. The van der Waals surface area contributed by atoms with E-state index in [1.165, 1.54) is 24.8 Å². The maximum absolute atomic E-state index is 11.8. The molecule has 0 saturated heterocycles. The lowest BCUT2D eigenvalue weighted by Crippen LogP contribution is -2.33. The fourth-order valence-electron chi connectivity index (χ4n) is 2.35. The van der Waals surface area contributed by atoms with Gasteiger partial charge in [0, 0.05) is 24.9 Å². The standard InChI is InChI=1S/C13H20N2O/c16-13(12-4-2-1-3-5-12)15-9-7-11-6-8-14-10-11/h6,8,10,12,14H,1-5,7,9H2,(H,15,16). The number of rotatable bonds is 4. The molecule has 3 heteroatoms. The van der Waals surface area contributed by atoms with Gasteiger partial charge in [0.05, 0.1) is 0 Å². The van der Waals surface area contributed by atoms with Crippen LogP contribution in [0.3, 0.4) is 0 Å². The number of nitrogens with one attached hydrogen (secondary N) is 2. The van der Waals surface area contributed by atoms with E-state index in [9.17, 15) is 4.79 Å². The summed E-state index contributed by atoms with van der Waals surface area (Å²) in [6, 6.07) is 2.05. The Bertz CT molecular complexity index is 313. The van der Waals surface area contributed by atoms with Gasteiger partial charge in [0.25, 0.3) is 0 Å². The third kappa shape index (κ3) is 3.12. The zero-order chi connectivity index (χ0) is 11.2. The van der Waals surface area contributed by atoms with Crippen LogP contribution in [-0.2, 0) is 11.2 Å². The Morgan fingerprint density at radius 3 is 2.88 bits per heavy atom. The topological polar surface area (TPSA) is 44.9 Å². The van der Waals surface area contributed by atoms with Crippen LogP contribution in [0.25, 0.3) is 0 Å². The second-order valence-electron chi connectivity index (χ2n) is 4.60. The van der Waals surface area contributed by atoms with Gasteiger partial charge in [-0.15, -0.1) is 0 Å². The fourth-order valence-corrected chi connectivity index (χ4v) is 2.35. The van der Waals surface area contributed by atoms with Crippen LogP contribution >= 0.6 is 0 Å². The van der Waals surface area contributed by atoms with Gasteiger partial charge in [-0.3, -0.25) is 4.79 Å². The molecule has 0 spiro atoms. The Labute approximate surface area is 96.6 Å². The van der Waals surface area contributed by atoms with E-state index in [0.29, 0.717) is 0 Å². The molecule has 1 saturated carbocycles. The van der Waals surface area contributed by atoms with Gasteiger partial charge in [-0.25, -0.2) is 0 Å². The molecule has 1 aliphatic carbocycles. The number of hydrogen-bond donors (Lipinski definition) is 2. The number of aromatic amines is 1. The van der Waals surface area contributed by atoms with E-state index >= 15 is 0 Å². The van der Waals surface area contributed by atoms with Crippen molar-refractivity contribution >= 4 is 5.91 Å². The van der Waals surface area contributed by atoms with Gasteiger partial charge in [0.1, 0.15) is 0 Å². The molecule has 88 valence electrons. The Kier molecular flexibility index (Phi) is 4.03. The fraction of sp³-hybridized carbons (Fsp3) is 0.615. The SMILES string of the molecule is O=C(NCCc1cc[nH]c1)C1CCCCC1. The molecule has 1 aromatic rings. The summed E-state index contributed by atoms with van der Waals surface area (Å²) in [5, 5.41) is 3.04. The Morgan fingerprint density at radius 2 is 2.19 bits per heavy atom. The molecule has 0 bridgehead atoms. The highest BCUT2D eigenvalue weighted by atomic mass is 16.1. The van der Waals surface area contributed by atoms with Crippen LogP contribution in [0.5, 0.6) is 0 Å². The molecule has 3 nitrogen and oxygen atoms in total. The van der Waals surface area contributed by atoms with Crippen molar-refractivity contribution in [1.29, 1.82) is 0 Å². The predicted molar refractivity (Wildman–Crippen MR) is 64.1 cm³/mol. The van der Waals surface area contributed by atoms with Gasteiger partial charge in [-0.1, -0.05) is 19.3 Å². The van der Waals surface area contributed by atoms with Crippen molar-refractivity contribution in [2.75, 3.05) is 6.54 Å². The zero-order valence-electron chi connectivity index (χ0n) is 9.67. The van der Waals surface area contributed by atoms with Crippen molar-refractivity contribution in [3.63, 3.8) is 0 Å². The lowest BCUT2D eigenvalue weighted by molar-refractivity contribution is -0.125. The first-order valence-electron chi connectivity index (χ1n) is 6.25. The number of carbonyl (C=O) groups excluding carboxylic acids is 1. The first kappa shape index (κ1) is 11.2. The van der Waals surface area contributed by atoms with Gasteiger partial charge in [0.2, 0.25) is 5.91 Å². The second kappa shape index (κ2) is 5.73. The molecule has 0 aromatic carbocycles. The van der Waals surface area contributed by atoms with E-state index in [4.69, 9.17) is 0 Å². The third-order valence-electron chi connectivity index (χ3n) is 3.35. The molecule has 2 N–H and O–H groups in total. The number of aromatic nitrogens is 1. The Morgan fingerprint density at radius 1 is 1.38 bits per heavy atom. The summed E-state index contributed by atoms with van der Waals surface area (Å²) in [6.07, 6.45) is 10.7. The van der Waals surface area contributed by atoms with E-state index in [-0.39, 0.29) is 11.8 Å². The van der Waals surface area contributed by atoms with Crippen molar-refractivity contribution < 1.29 is 4.79 Å². The molecule has 1 amide bonds. The molecule has 1 aromatic heterocycles. The lowest BCUT2D eigenvalue weighted by atomic mass is 9.88. The first-order valence-corrected chi connectivity index (χ1v) is 6.25. The molecule has 16 heavy (non-hydrogen) atoms. The first-order chi connectivity index (χ1) is 7.86. The van der Waals surface area contributed by atoms with Crippen molar-refractivity contribution in [1.82, 2.24) is 10.3 Å². The summed E-state index contributed by atoms with van der Waals surface area (Å²) < 4.78 is 0. The van der Waals surface area contributed by atoms with Crippen LogP contribution < -0.4 is 5.32 Å². The van der Waals surface area contributed by atoms with Crippen LogP contribution in [0.4, 0.5) is 0 Å². The molecular weight excluding hydrogens is 200 g/mol. The van der Waals surface area contributed by atoms with E-state index in [2.05, 4.69) is 10.3 Å². The van der Waals surface area contributed by atoms with Crippen molar-refractivity contribution in [3.8, 4) is 0 Å². The highest BCUT2D eigenvalue weighted by Gasteiger charge is 2.20. The van der Waals surface area contributed by atoms with Gasteiger partial charge in [-0.2, -0.15) is 0 Å². The van der Waals surface area contributed by atoms with E-state index < -0.39 is 0 Å². The van der Waals surface area contributed by atoms with Gasteiger partial charge < -0.3 is 10.3 Å². The Balaban J connectivity index is 1.67.